The van der Waals surface area contributed by atoms with E-state index in [0.29, 0.717) is 0 Å². The van der Waals surface area contributed by atoms with E-state index in [-0.39, 0.29) is 6.10 Å². The molecule has 0 aromatic heterocycles. The molecule has 60 valence electrons. The van der Waals surface area contributed by atoms with Crippen molar-refractivity contribution in [2.24, 2.45) is 0 Å². The summed E-state index contributed by atoms with van der Waals surface area (Å²) in [6, 6.07) is 0. The van der Waals surface area contributed by atoms with Crippen LogP contribution in [0.4, 0.5) is 0 Å². The molecule has 0 fully saturated rings. The highest BCUT2D eigenvalue weighted by Crippen LogP contribution is 2.12. The number of rotatable bonds is 1. The lowest BCUT2D eigenvalue weighted by Gasteiger charge is -2.02. The highest BCUT2D eigenvalue weighted by molar-refractivity contribution is 5.32. The van der Waals surface area contributed by atoms with Crippen molar-refractivity contribution in [2.75, 3.05) is 0 Å². The normalized spacial score (nSPS) is 20.3. The summed E-state index contributed by atoms with van der Waals surface area (Å²) in [4.78, 5) is 0. The van der Waals surface area contributed by atoms with Gasteiger partial charge in [0.25, 0.3) is 0 Å². The van der Waals surface area contributed by atoms with Gasteiger partial charge in [0.05, 0.1) is 6.10 Å². The summed E-state index contributed by atoms with van der Waals surface area (Å²) in [5.74, 6) is 0. The van der Waals surface area contributed by atoms with Gasteiger partial charge in [0.1, 0.15) is 0 Å². The van der Waals surface area contributed by atoms with E-state index >= 15 is 0 Å². The first-order chi connectivity index (χ1) is 5.20. The fourth-order valence-corrected chi connectivity index (χ4v) is 1.05. The number of aliphatic hydroxyl groups is 1. The Balaban J connectivity index is 2.74. The standard InChI is InChI=1S/C10H14O/c1-8-4-3-5-10(7-6-8)9(2)11/h4-7,9,11H,3H2,1-2H3. The third-order valence-corrected chi connectivity index (χ3v) is 1.81. The lowest BCUT2D eigenvalue weighted by Crippen LogP contribution is -2.01. The lowest BCUT2D eigenvalue weighted by molar-refractivity contribution is 0.235. The van der Waals surface area contributed by atoms with Gasteiger partial charge in [-0.25, -0.2) is 0 Å². The van der Waals surface area contributed by atoms with Crippen LogP contribution in [0.5, 0.6) is 0 Å². The van der Waals surface area contributed by atoms with Crippen LogP contribution in [0.15, 0.2) is 35.5 Å². The van der Waals surface area contributed by atoms with Crippen LogP contribution >= 0.6 is 0 Å². The largest absolute Gasteiger partial charge is 0.389 e. The lowest BCUT2D eigenvalue weighted by atomic mass is 10.1. The maximum atomic E-state index is 9.25. The Hall–Kier alpha value is -0.820. The zero-order valence-corrected chi connectivity index (χ0v) is 7.04. The number of hydrogen-bond acceptors (Lipinski definition) is 1. The Morgan fingerprint density at radius 2 is 2.09 bits per heavy atom. The molecule has 0 amide bonds. The van der Waals surface area contributed by atoms with E-state index in [1.165, 1.54) is 5.57 Å². The molecule has 0 bridgehead atoms. The van der Waals surface area contributed by atoms with Crippen molar-refractivity contribution in [3.8, 4) is 0 Å². The average Bonchev–Trinajstić information content (AvgIpc) is 2.13. The van der Waals surface area contributed by atoms with Gasteiger partial charge in [0, 0.05) is 0 Å². The molecule has 1 aliphatic rings. The van der Waals surface area contributed by atoms with Crippen LogP contribution in [-0.4, -0.2) is 11.2 Å². The van der Waals surface area contributed by atoms with Crippen molar-refractivity contribution >= 4 is 0 Å². The van der Waals surface area contributed by atoms with Crippen molar-refractivity contribution < 1.29 is 5.11 Å². The van der Waals surface area contributed by atoms with Crippen molar-refractivity contribution in [1.82, 2.24) is 0 Å². The van der Waals surface area contributed by atoms with Gasteiger partial charge in [0.2, 0.25) is 0 Å². The quantitative estimate of drug-likeness (QED) is 0.607. The molecule has 0 saturated carbocycles. The fraction of sp³-hybridized carbons (Fsp3) is 0.400. The van der Waals surface area contributed by atoms with Crippen molar-refractivity contribution in [3.05, 3.63) is 35.5 Å². The zero-order chi connectivity index (χ0) is 8.27. The smallest absolute Gasteiger partial charge is 0.0758 e. The maximum Gasteiger partial charge on any atom is 0.0758 e. The van der Waals surface area contributed by atoms with Crippen LogP contribution in [0.3, 0.4) is 0 Å². The monoisotopic (exact) mass is 150 g/mol. The average molecular weight is 150 g/mol. The van der Waals surface area contributed by atoms with Gasteiger partial charge < -0.3 is 5.11 Å². The van der Waals surface area contributed by atoms with Gasteiger partial charge in [-0.05, 0) is 25.8 Å². The molecule has 11 heavy (non-hydrogen) atoms. The van der Waals surface area contributed by atoms with Crippen LogP contribution in [0.25, 0.3) is 0 Å². The molecule has 0 aromatic carbocycles. The van der Waals surface area contributed by atoms with Gasteiger partial charge in [-0.3, -0.25) is 0 Å². The number of hydrogen-bond donors (Lipinski definition) is 1. The van der Waals surface area contributed by atoms with Crippen molar-refractivity contribution in [3.63, 3.8) is 0 Å². The van der Waals surface area contributed by atoms with Gasteiger partial charge in [-0.2, -0.15) is 0 Å². The first kappa shape index (κ1) is 8.28. The van der Waals surface area contributed by atoms with Gasteiger partial charge in [-0.1, -0.05) is 29.9 Å². The van der Waals surface area contributed by atoms with Crippen LogP contribution in [0.2, 0.25) is 0 Å². The van der Waals surface area contributed by atoms with Crippen molar-refractivity contribution in [1.29, 1.82) is 0 Å². The Morgan fingerprint density at radius 3 is 2.73 bits per heavy atom. The van der Waals surface area contributed by atoms with Crippen LogP contribution in [0.1, 0.15) is 20.3 Å². The highest BCUT2D eigenvalue weighted by atomic mass is 16.3. The Bertz CT molecular complexity index is 219. The van der Waals surface area contributed by atoms with E-state index in [1.54, 1.807) is 6.92 Å². The molecule has 1 nitrogen and oxygen atoms in total. The molecule has 0 heterocycles. The summed E-state index contributed by atoms with van der Waals surface area (Å²) in [5, 5.41) is 9.25. The van der Waals surface area contributed by atoms with E-state index in [1.807, 2.05) is 12.2 Å². The Morgan fingerprint density at radius 1 is 1.36 bits per heavy atom. The topological polar surface area (TPSA) is 20.2 Å². The van der Waals surface area contributed by atoms with E-state index in [2.05, 4.69) is 19.1 Å². The summed E-state index contributed by atoms with van der Waals surface area (Å²) in [5.41, 5.74) is 2.27. The molecule has 0 saturated heterocycles. The molecule has 0 aromatic rings. The van der Waals surface area contributed by atoms with E-state index in [4.69, 9.17) is 0 Å². The molecule has 1 heteroatoms. The Kier molecular flexibility index (Phi) is 2.66. The van der Waals surface area contributed by atoms with E-state index in [0.717, 1.165) is 12.0 Å². The second-order valence-electron chi connectivity index (χ2n) is 2.90. The molecule has 1 atom stereocenters. The minimum Gasteiger partial charge on any atom is -0.389 e. The predicted octanol–water partition coefficient (Wildman–Crippen LogP) is 2.20. The number of allylic oxidation sites excluding steroid dienone is 4. The van der Waals surface area contributed by atoms with Gasteiger partial charge in [-0.15, -0.1) is 0 Å². The first-order valence-electron chi connectivity index (χ1n) is 3.93. The number of aliphatic hydroxyl groups excluding tert-OH is 1. The fourth-order valence-electron chi connectivity index (χ4n) is 1.05. The third-order valence-electron chi connectivity index (χ3n) is 1.81. The molecule has 1 N–H and O–H groups in total. The van der Waals surface area contributed by atoms with Crippen LogP contribution in [-0.2, 0) is 0 Å². The second-order valence-corrected chi connectivity index (χ2v) is 2.90. The summed E-state index contributed by atoms with van der Waals surface area (Å²) < 4.78 is 0. The summed E-state index contributed by atoms with van der Waals surface area (Å²) in [6.45, 7) is 3.85. The van der Waals surface area contributed by atoms with Crippen molar-refractivity contribution in [2.45, 2.75) is 26.4 Å². The molecule has 0 radical (unpaired) electrons. The van der Waals surface area contributed by atoms with Gasteiger partial charge >= 0.3 is 0 Å². The summed E-state index contributed by atoms with van der Waals surface area (Å²) in [6.07, 6.45) is 8.79. The molecular formula is C10H14O. The van der Waals surface area contributed by atoms with Gasteiger partial charge in [0.15, 0.2) is 0 Å². The first-order valence-corrected chi connectivity index (χ1v) is 3.93. The minimum atomic E-state index is -0.342. The molecule has 0 spiro atoms. The SMILES string of the molecule is CC1=CCC=C(C(C)O)C=C1. The maximum absolute atomic E-state index is 9.25. The van der Waals surface area contributed by atoms with Crippen LogP contribution < -0.4 is 0 Å². The van der Waals surface area contributed by atoms with Crippen LogP contribution in [0, 0.1) is 0 Å². The molecule has 1 aliphatic carbocycles. The zero-order valence-electron chi connectivity index (χ0n) is 7.04. The minimum absolute atomic E-state index is 0.342. The molecule has 1 unspecified atom stereocenters. The van der Waals surface area contributed by atoms with E-state index in [9.17, 15) is 5.11 Å². The summed E-state index contributed by atoms with van der Waals surface area (Å²) in [7, 11) is 0. The highest BCUT2D eigenvalue weighted by Gasteiger charge is 2.01. The Labute approximate surface area is 67.7 Å². The van der Waals surface area contributed by atoms with E-state index < -0.39 is 0 Å². The second kappa shape index (κ2) is 3.54. The predicted molar refractivity (Wildman–Crippen MR) is 47.3 cm³/mol. The molecule has 0 aliphatic heterocycles. The third kappa shape index (κ3) is 2.35. The molecule has 1 rings (SSSR count). The summed E-state index contributed by atoms with van der Waals surface area (Å²) >= 11 is 0. The molecular weight excluding hydrogens is 136 g/mol.